The van der Waals surface area contributed by atoms with Crippen LogP contribution in [-0.4, -0.2) is 52.6 Å². The Balaban J connectivity index is 1.62. The number of carbonyl (C=O) groups excluding carboxylic acids is 1. The van der Waals surface area contributed by atoms with Crippen LogP contribution < -0.4 is 0 Å². The van der Waals surface area contributed by atoms with Crippen LogP contribution in [0.2, 0.25) is 0 Å². The van der Waals surface area contributed by atoms with Gasteiger partial charge in [0.2, 0.25) is 0 Å². The van der Waals surface area contributed by atoms with E-state index in [1.54, 1.807) is 24.3 Å². The zero-order valence-corrected chi connectivity index (χ0v) is 16.4. The molecular weight excluding hydrogens is 384 g/mol. The summed E-state index contributed by atoms with van der Waals surface area (Å²) in [5, 5.41) is 6.87. The Morgan fingerprint density at radius 2 is 1.89 bits per heavy atom. The van der Waals surface area contributed by atoms with Gasteiger partial charge in [0, 0.05) is 18.7 Å². The quantitative estimate of drug-likeness (QED) is 0.656. The Bertz CT molecular complexity index is 943. The van der Waals surface area contributed by atoms with E-state index in [2.05, 4.69) is 14.5 Å². The van der Waals surface area contributed by atoms with Crippen LogP contribution in [0.25, 0.3) is 0 Å². The maximum atomic E-state index is 12.9. The van der Waals surface area contributed by atoms with E-state index in [-0.39, 0.29) is 17.5 Å². The summed E-state index contributed by atoms with van der Waals surface area (Å²) in [5.41, 5.74) is 0.980. The van der Waals surface area contributed by atoms with Gasteiger partial charge in [-0.05, 0) is 49.3 Å². The lowest BCUT2D eigenvalue weighted by atomic mass is 10.0. The molecule has 2 heterocycles. The normalized spacial score (nSPS) is 18.1. The number of Topliss-reactive ketones (excluding diaryl/α,β-unsaturated/α-hetero) is 1. The zero-order valence-electron chi connectivity index (χ0n) is 14.7. The van der Waals surface area contributed by atoms with Crippen LogP contribution in [0.4, 0.5) is 0 Å². The van der Waals surface area contributed by atoms with Crippen molar-refractivity contribution >= 4 is 32.9 Å². The molecule has 2 aromatic rings. The van der Waals surface area contributed by atoms with Gasteiger partial charge in [0.05, 0.1) is 16.6 Å². The van der Waals surface area contributed by atoms with Crippen molar-refractivity contribution in [1.29, 1.82) is 0 Å². The molecule has 0 radical (unpaired) electrons. The van der Waals surface area contributed by atoms with Gasteiger partial charge in [0.15, 0.2) is 15.6 Å². The molecular formula is C18H20N4O3S2. The highest BCUT2D eigenvalue weighted by molar-refractivity contribution is 7.92. The van der Waals surface area contributed by atoms with Gasteiger partial charge in [0.1, 0.15) is 17.0 Å². The molecule has 0 amide bonds. The highest BCUT2D eigenvalue weighted by atomic mass is 32.2. The van der Waals surface area contributed by atoms with Crippen LogP contribution in [-0.2, 0) is 21.1 Å². The van der Waals surface area contributed by atoms with Crippen LogP contribution in [0.1, 0.15) is 36.3 Å². The molecule has 2 fully saturated rings. The smallest absolute Gasteiger partial charge is 0.190 e. The van der Waals surface area contributed by atoms with E-state index in [0.717, 1.165) is 38.8 Å². The van der Waals surface area contributed by atoms with E-state index in [9.17, 15) is 13.2 Å². The van der Waals surface area contributed by atoms with Gasteiger partial charge in [-0.25, -0.2) is 13.4 Å². The molecule has 142 valence electrons. The molecule has 0 spiro atoms. The number of rotatable bonds is 7. The zero-order chi connectivity index (χ0) is 18.9. The lowest BCUT2D eigenvalue weighted by Crippen LogP contribution is -2.23. The number of hydrogen-bond donors (Lipinski definition) is 0. The fraction of sp³-hybridized carbons (Fsp3) is 0.444. The Morgan fingerprint density at radius 1 is 1.19 bits per heavy atom. The van der Waals surface area contributed by atoms with E-state index >= 15 is 0 Å². The molecule has 0 N–H and O–H groups in total. The predicted molar refractivity (Wildman–Crippen MR) is 103 cm³/mol. The first kappa shape index (κ1) is 18.2. The van der Waals surface area contributed by atoms with Crippen molar-refractivity contribution in [2.75, 3.05) is 13.1 Å². The molecule has 1 aromatic carbocycles. The van der Waals surface area contributed by atoms with Gasteiger partial charge >= 0.3 is 0 Å². The third kappa shape index (κ3) is 4.08. The molecule has 4 rings (SSSR count). The molecule has 0 atom stereocenters. The number of ketones is 1. The van der Waals surface area contributed by atoms with Gasteiger partial charge in [-0.1, -0.05) is 12.1 Å². The van der Waals surface area contributed by atoms with Crippen molar-refractivity contribution < 1.29 is 13.2 Å². The standard InChI is InChI=1S/C18H20N4O3S2/c23-16(11-17-19-12-20-26-17)18(21-22-9-1-2-10-22)13-3-5-14(6-4-13)27(24,25)15-7-8-15/h3-6,12,15H,1-2,7-11H2/b21-18+. The van der Waals surface area contributed by atoms with Crippen molar-refractivity contribution in [1.82, 2.24) is 14.4 Å². The minimum atomic E-state index is -3.24. The number of hydrazone groups is 1. The fourth-order valence-electron chi connectivity index (χ4n) is 3.08. The van der Waals surface area contributed by atoms with Crippen molar-refractivity contribution in [2.45, 2.75) is 42.2 Å². The molecule has 1 aromatic heterocycles. The maximum absolute atomic E-state index is 12.9. The van der Waals surface area contributed by atoms with Gasteiger partial charge < -0.3 is 0 Å². The highest BCUT2D eigenvalue weighted by Crippen LogP contribution is 2.33. The van der Waals surface area contributed by atoms with E-state index in [1.807, 2.05) is 5.01 Å². The highest BCUT2D eigenvalue weighted by Gasteiger charge is 2.36. The number of benzene rings is 1. The van der Waals surface area contributed by atoms with Crippen LogP contribution in [0.3, 0.4) is 0 Å². The second-order valence-electron chi connectivity index (χ2n) is 6.81. The summed E-state index contributed by atoms with van der Waals surface area (Å²) in [6.45, 7) is 1.65. The molecule has 0 bridgehead atoms. The van der Waals surface area contributed by atoms with Crippen molar-refractivity contribution in [3.63, 3.8) is 0 Å². The first-order valence-corrected chi connectivity index (χ1v) is 11.3. The topological polar surface area (TPSA) is 92.6 Å². The van der Waals surface area contributed by atoms with Gasteiger partial charge in [-0.2, -0.15) is 9.47 Å². The first-order valence-electron chi connectivity index (χ1n) is 9.01. The van der Waals surface area contributed by atoms with Crippen molar-refractivity contribution in [3.8, 4) is 0 Å². The number of hydrogen-bond acceptors (Lipinski definition) is 8. The van der Waals surface area contributed by atoms with Gasteiger partial charge in [-0.3, -0.25) is 9.80 Å². The second-order valence-corrected chi connectivity index (χ2v) is 9.91. The average Bonchev–Trinajstić information content (AvgIpc) is 3.18. The fourth-order valence-corrected chi connectivity index (χ4v) is 5.25. The van der Waals surface area contributed by atoms with E-state index in [1.165, 1.54) is 17.9 Å². The van der Waals surface area contributed by atoms with Gasteiger partial charge in [-0.15, -0.1) is 0 Å². The first-order chi connectivity index (χ1) is 13.0. The summed E-state index contributed by atoms with van der Waals surface area (Å²) >= 11 is 1.19. The van der Waals surface area contributed by atoms with Crippen LogP contribution >= 0.6 is 11.5 Å². The maximum Gasteiger partial charge on any atom is 0.190 e. The largest absolute Gasteiger partial charge is 0.296 e. The number of sulfone groups is 1. The van der Waals surface area contributed by atoms with E-state index in [0.29, 0.717) is 21.2 Å². The summed E-state index contributed by atoms with van der Waals surface area (Å²) in [6.07, 6.45) is 5.14. The summed E-state index contributed by atoms with van der Waals surface area (Å²) < 4.78 is 28.7. The monoisotopic (exact) mass is 404 g/mol. The van der Waals surface area contributed by atoms with Gasteiger partial charge in [0.25, 0.3) is 0 Å². The minimum absolute atomic E-state index is 0.138. The molecule has 1 aliphatic carbocycles. The average molecular weight is 405 g/mol. The predicted octanol–water partition coefficient (Wildman–Crippen LogP) is 2.09. The summed E-state index contributed by atoms with van der Waals surface area (Å²) in [7, 11) is -3.24. The SMILES string of the molecule is O=C(Cc1ncns1)/C(=N/N1CCCC1)c1ccc(S(=O)(=O)C2CC2)cc1. The third-order valence-corrected chi connectivity index (χ3v) is 7.66. The van der Waals surface area contributed by atoms with Crippen LogP contribution in [0.5, 0.6) is 0 Å². The number of nitrogens with zero attached hydrogens (tertiary/aromatic N) is 4. The van der Waals surface area contributed by atoms with Crippen LogP contribution in [0.15, 0.2) is 40.6 Å². The Labute approximate surface area is 162 Å². The lowest BCUT2D eigenvalue weighted by Gasteiger charge is -2.14. The summed E-state index contributed by atoms with van der Waals surface area (Å²) in [6, 6.07) is 6.53. The molecule has 0 unspecified atom stereocenters. The molecule has 1 saturated carbocycles. The number of aromatic nitrogens is 2. The molecule has 2 aliphatic rings. The second kappa shape index (κ2) is 7.47. The Morgan fingerprint density at radius 3 is 2.48 bits per heavy atom. The van der Waals surface area contributed by atoms with E-state index in [4.69, 9.17) is 0 Å². The summed E-state index contributed by atoms with van der Waals surface area (Å²) in [4.78, 5) is 17.2. The molecule has 1 saturated heterocycles. The van der Waals surface area contributed by atoms with E-state index < -0.39 is 9.84 Å². The molecule has 9 heteroatoms. The Hall–Kier alpha value is -2.13. The lowest BCUT2D eigenvalue weighted by molar-refractivity contribution is -0.112. The van der Waals surface area contributed by atoms with Crippen LogP contribution in [0, 0.1) is 0 Å². The van der Waals surface area contributed by atoms with Crippen molar-refractivity contribution in [2.24, 2.45) is 5.10 Å². The molecule has 7 nitrogen and oxygen atoms in total. The van der Waals surface area contributed by atoms with Crippen molar-refractivity contribution in [3.05, 3.63) is 41.2 Å². The summed E-state index contributed by atoms with van der Waals surface area (Å²) in [5.74, 6) is -0.142. The third-order valence-electron chi connectivity index (χ3n) is 4.73. The molecule has 27 heavy (non-hydrogen) atoms. The Kier molecular flexibility index (Phi) is 5.05. The molecule has 1 aliphatic heterocycles. The number of carbonyl (C=O) groups is 1. The minimum Gasteiger partial charge on any atom is -0.296 e.